The lowest BCUT2D eigenvalue weighted by Gasteiger charge is -1.96. The Hall–Kier alpha value is -2.39. The normalized spacial score (nSPS) is 21.0. The molecule has 1 N–H and O–H groups in total. The van der Waals surface area contributed by atoms with Crippen LogP contribution >= 0.6 is 0 Å². The molecule has 3 nitrogen and oxygen atoms in total. The van der Waals surface area contributed by atoms with Crippen LogP contribution in [0.3, 0.4) is 0 Å². The molecule has 0 saturated carbocycles. The molecule has 0 unspecified atom stereocenters. The van der Waals surface area contributed by atoms with Gasteiger partial charge in [-0.25, -0.2) is 0 Å². The van der Waals surface area contributed by atoms with Gasteiger partial charge in [-0.2, -0.15) is 0 Å². The highest BCUT2D eigenvalue weighted by Gasteiger charge is 2.46. The fraction of sp³-hybridized carbons (Fsp3) is 0.118. The zero-order valence-electron chi connectivity index (χ0n) is 10.7. The molecule has 2 atom stereocenters. The van der Waals surface area contributed by atoms with Crippen LogP contribution in [-0.2, 0) is 4.74 Å². The summed E-state index contributed by atoms with van der Waals surface area (Å²) in [4.78, 5) is 15.7. The number of carbonyl (C=O) groups is 1. The van der Waals surface area contributed by atoms with Gasteiger partial charge in [0.05, 0.1) is 0 Å². The molecule has 1 saturated heterocycles. The first-order chi connectivity index (χ1) is 9.84. The molecular formula is C17H13NO2. The molecule has 1 aliphatic heterocycles. The Labute approximate surface area is 116 Å². The van der Waals surface area contributed by atoms with E-state index in [1.54, 1.807) is 6.20 Å². The number of aromatic amines is 1. The Bertz CT molecular complexity index is 776. The van der Waals surface area contributed by atoms with Crippen LogP contribution in [0.25, 0.3) is 10.9 Å². The molecule has 2 aromatic carbocycles. The molecule has 3 heteroatoms. The average Bonchev–Trinajstić information content (AvgIpc) is 3.20. The van der Waals surface area contributed by atoms with Crippen molar-refractivity contribution in [3.05, 3.63) is 71.9 Å². The van der Waals surface area contributed by atoms with E-state index in [2.05, 4.69) is 4.98 Å². The molecular weight excluding hydrogens is 250 g/mol. The number of aromatic nitrogens is 1. The Morgan fingerprint density at radius 3 is 2.60 bits per heavy atom. The second-order valence-corrected chi connectivity index (χ2v) is 5.00. The quantitative estimate of drug-likeness (QED) is 0.580. The van der Waals surface area contributed by atoms with Gasteiger partial charge in [0, 0.05) is 22.7 Å². The lowest BCUT2D eigenvalue weighted by Crippen LogP contribution is -2.07. The minimum atomic E-state index is -0.350. The number of fused-ring (bicyclic) bond motifs is 1. The SMILES string of the molecule is O=C(c1c[nH]c2ccccc12)[C@H]1O[C@@H]1c1ccccc1. The lowest BCUT2D eigenvalue weighted by atomic mass is 10.0. The molecule has 4 rings (SSSR count). The van der Waals surface area contributed by atoms with Crippen molar-refractivity contribution in [1.29, 1.82) is 0 Å². The van der Waals surface area contributed by atoms with Crippen molar-refractivity contribution < 1.29 is 9.53 Å². The highest BCUT2D eigenvalue weighted by atomic mass is 16.6. The number of hydrogen-bond acceptors (Lipinski definition) is 2. The van der Waals surface area contributed by atoms with E-state index in [1.807, 2.05) is 54.6 Å². The maximum Gasteiger partial charge on any atom is 0.196 e. The molecule has 3 aromatic rings. The van der Waals surface area contributed by atoms with E-state index in [-0.39, 0.29) is 18.0 Å². The molecule has 1 aliphatic rings. The molecule has 2 heterocycles. The molecule has 0 aliphatic carbocycles. The second kappa shape index (κ2) is 4.32. The molecule has 0 bridgehead atoms. The van der Waals surface area contributed by atoms with Crippen LogP contribution in [0.2, 0.25) is 0 Å². The first-order valence-corrected chi connectivity index (χ1v) is 6.65. The van der Waals surface area contributed by atoms with Crippen LogP contribution in [0.4, 0.5) is 0 Å². The van der Waals surface area contributed by atoms with Gasteiger partial charge >= 0.3 is 0 Å². The van der Waals surface area contributed by atoms with Crippen LogP contribution in [0.1, 0.15) is 22.0 Å². The third-order valence-corrected chi connectivity index (χ3v) is 3.73. The van der Waals surface area contributed by atoms with Crippen LogP contribution in [0.15, 0.2) is 60.8 Å². The summed E-state index contributed by atoms with van der Waals surface area (Å²) < 4.78 is 5.57. The number of rotatable bonds is 3. The summed E-state index contributed by atoms with van der Waals surface area (Å²) in [5, 5.41) is 0.958. The summed E-state index contributed by atoms with van der Waals surface area (Å²) in [5.41, 5.74) is 2.75. The number of nitrogens with one attached hydrogen (secondary N) is 1. The van der Waals surface area contributed by atoms with Gasteiger partial charge < -0.3 is 9.72 Å². The van der Waals surface area contributed by atoms with E-state index in [4.69, 9.17) is 4.74 Å². The molecule has 0 radical (unpaired) electrons. The first-order valence-electron chi connectivity index (χ1n) is 6.65. The average molecular weight is 263 g/mol. The van der Waals surface area contributed by atoms with Crippen LogP contribution in [-0.4, -0.2) is 16.9 Å². The van der Waals surface area contributed by atoms with Gasteiger partial charge in [-0.05, 0) is 11.6 Å². The number of hydrogen-bond donors (Lipinski definition) is 1. The van der Waals surface area contributed by atoms with E-state index in [0.717, 1.165) is 16.5 Å². The van der Waals surface area contributed by atoms with Crippen molar-refractivity contribution in [2.75, 3.05) is 0 Å². The molecule has 0 amide bonds. The van der Waals surface area contributed by atoms with E-state index < -0.39 is 0 Å². The summed E-state index contributed by atoms with van der Waals surface area (Å²) >= 11 is 0. The van der Waals surface area contributed by atoms with Crippen LogP contribution < -0.4 is 0 Å². The molecule has 20 heavy (non-hydrogen) atoms. The second-order valence-electron chi connectivity index (χ2n) is 5.00. The number of ether oxygens (including phenoxy) is 1. The van der Waals surface area contributed by atoms with E-state index in [1.165, 1.54) is 0 Å². The van der Waals surface area contributed by atoms with Gasteiger partial charge in [0.2, 0.25) is 0 Å². The molecule has 0 spiro atoms. The van der Waals surface area contributed by atoms with Crippen molar-refractivity contribution >= 4 is 16.7 Å². The molecule has 1 fully saturated rings. The van der Waals surface area contributed by atoms with Gasteiger partial charge in [-0.1, -0.05) is 48.5 Å². The number of carbonyl (C=O) groups excluding carboxylic acids is 1. The topological polar surface area (TPSA) is 45.4 Å². The Balaban J connectivity index is 1.63. The number of ketones is 1. The zero-order chi connectivity index (χ0) is 13.5. The monoisotopic (exact) mass is 263 g/mol. The predicted octanol–water partition coefficient (Wildman–Crippen LogP) is 3.49. The minimum Gasteiger partial charge on any atom is -0.360 e. The Morgan fingerprint density at radius 2 is 1.75 bits per heavy atom. The Kier molecular flexibility index (Phi) is 2.47. The van der Waals surface area contributed by atoms with Crippen molar-refractivity contribution in [3.8, 4) is 0 Å². The summed E-state index contributed by atoms with van der Waals surface area (Å²) in [7, 11) is 0. The predicted molar refractivity (Wildman–Crippen MR) is 76.7 cm³/mol. The fourth-order valence-electron chi connectivity index (χ4n) is 2.64. The third-order valence-electron chi connectivity index (χ3n) is 3.73. The van der Waals surface area contributed by atoms with E-state index in [9.17, 15) is 4.79 Å². The third kappa shape index (κ3) is 1.75. The zero-order valence-corrected chi connectivity index (χ0v) is 10.7. The van der Waals surface area contributed by atoms with Gasteiger partial charge in [0.15, 0.2) is 11.9 Å². The highest BCUT2D eigenvalue weighted by molar-refractivity contribution is 6.11. The van der Waals surface area contributed by atoms with Gasteiger partial charge in [-0.3, -0.25) is 4.79 Å². The maximum atomic E-state index is 12.5. The maximum absolute atomic E-state index is 12.5. The van der Waals surface area contributed by atoms with Gasteiger partial charge in [-0.15, -0.1) is 0 Å². The number of epoxide rings is 1. The summed E-state index contributed by atoms with van der Waals surface area (Å²) in [6, 6.07) is 17.7. The van der Waals surface area contributed by atoms with Crippen LogP contribution in [0, 0.1) is 0 Å². The molecule has 98 valence electrons. The van der Waals surface area contributed by atoms with Gasteiger partial charge in [0.25, 0.3) is 0 Å². The van der Waals surface area contributed by atoms with Crippen molar-refractivity contribution in [1.82, 2.24) is 4.98 Å². The number of H-pyrrole nitrogens is 1. The smallest absolute Gasteiger partial charge is 0.196 e. The van der Waals surface area contributed by atoms with Crippen LogP contribution in [0.5, 0.6) is 0 Å². The van der Waals surface area contributed by atoms with E-state index >= 15 is 0 Å². The van der Waals surface area contributed by atoms with E-state index in [0.29, 0.717) is 5.56 Å². The van der Waals surface area contributed by atoms with Crippen molar-refractivity contribution in [2.24, 2.45) is 0 Å². The lowest BCUT2D eigenvalue weighted by molar-refractivity contribution is 0.0955. The first kappa shape index (κ1) is 11.4. The van der Waals surface area contributed by atoms with Gasteiger partial charge in [0.1, 0.15) is 6.10 Å². The van der Waals surface area contributed by atoms with Crippen molar-refractivity contribution in [3.63, 3.8) is 0 Å². The number of benzene rings is 2. The standard InChI is InChI=1S/C17H13NO2/c19-15(13-10-18-14-9-5-4-8-12(13)14)17-16(20-17)11-6-2-1-3-7-11/h1-10,16-18H/t16-,17-/m1/s1. The number of para-hydroxylation sites is 1. The summed E-state index contributed by atoms with van der Waals surface area (Å²) in [5.74, 6) is 0.0521. The van der Waals surface area contributed by atoms with Crippen molar-refractivity contribution in [2.45, 2.75) is 12.2 Å². The molecule has 1 aromatic heterocycles. The summed E-state index contributed by atoms with van der Waals surface area (Å²) in [6.07, 6.45) is 1.32. The minimum absolute atomic E-state index is 0.0521. The summed E-state index contributed by atoms with van der Waals surface area (Å²) in [6.45, 7) is 0. The largest absolute Gasteiger partial charge is 0.360 e. The highest BCUT2D eigenvalue weighted by Crippen LogP contribution is 2.41. The number of Topliss-reactive ketones (excluding diaryl/α,β-unsaturated/α-hetero) is 1. The Morgan fingerprint density at radius 1 is 1.00 bits per heavy atom. The fourth-order valence-corrected chi connectivity index (χ4v) is 2.64.